The molecule has 2 amide bonds. The fraction of sp³-hybridized carbons (Fsp3) is 0.357. The van der Waals surface area contributed by atoms with Gasteiger partial charge in [0.15, 0.2) is 0 Å². The lowest BCUT2D eigenvalue weighted by atomic mass is 10.2. The lowest BCUT2D eigenvalue weighted by Crippen LogP contribution is -2.51. The second kappa shape index (κ2) is 6.62. The van der Waals surface area contributed by atoms with E-state index in [1.165, 1.54) is 11.8 Å². The third-order valence-electron chi connectivity index (χ3n) is 3.16. The Morgan fingerprint density at radius 1 is 1.43 bits per heavy atom. The Hall–Kier alpha value is -2.02. The first kappa shape index (κ1) is 15.4. The molecule has 112 valence electrons. The number of hydrogen-bond acceptors (Lipinski definition) is 4. The van der Waals surface area contributed by atoms with Crippen LogP contribution in [0.25, 0.3) is 0 Å². The number of anilines is 1. The fourth-order valence-electron chi connectivity index (χ4n) is 1.96. The van der Waals surface area contributed by atoms with Crippen LogP contribution in [-0.4, -0.2) is 39.9 Å². The van der Waals surface area contributed by atoms with Gasteiger partial charge in [0.1, 0.15) is 6.04 Å². The summed E-state index contributed by atoms with van der Waals surface area (Å²) in [5, 5.41) is 13.5. The van der Waals surface area contributed by atoms with E-state index in [1.54, 1.807) is 6.07 Å². The SMILES string of the molecule is Cc1ccccc1NC(=O)C[C@H]1SC[C@@H](C(=O)O)NC1=O. The third-order valence-corrected chi connectivity index (χ3v) is 4.47. The molecule has 1 aromatic rings. The number of para-hydroxylation sites is 1. The van der Waals surface area contributed by atoms with Gasteiger partial charge in [-0.25, -0.2) is 4.79 Å². The molecular weight excluding hydrogens is 292 g/mol. The van der Waals surface area contributed by atoms with Gasteiger partial charge >= 0.3 is 5.97 Å². The van der Waals surface area contributed by atoms with Crippen molar-refractivity contribution < 1.29 is 19.5 Å². The van der Waals surface area contributed by atoms with Gasteiger partial charge in [-0.15, -0.1) is 11.8 Å². The summed E-state index contributed by atoms with van der Waals surface area (Å²) in [5.41, 5.74) is 1.66. The second-order valence-corrected chi connectivity index (χ2v) is 6.02. The van der Waals surface area contributed by atoms with Crippen molar-refractivity contribution in [2.45, 2.75) is 24.6 Å². The minimum atomic E-state index is -1.06. The monoisotopic (exact) mass is 308 g/mol. The molecule has 1 fully saturated rings. The zero-order valence-corrected chi connectivity index (χ0v) is 12.3. The lowest BCUT2D eigenvalue weighted by molar-refractivity contribution is -0.141. The summed E-state index contributed by atoms with van der Waals surface area (Å²) in [4.78, 5) is 34.6. The van der Waals surface area contributed by atoms with Gasteiger partial charge in [0.05, 0.1) is 5.25 Å². The number of carbonyl (C=O) groups excluding carboxylic acids is 2. The van der Waals surface area contributed by atoms with Crippen LogP contribution in [-0.2, 0) is 14.4 Å². The first-order valence-corrected chi connectivity index (χ1v) is 7.52. The number of nitrogens with one attached hydrogen (secondary N) is 2. The zero-order chi connectivity index (χ0) is 15.4. The van der Waals surface area contributed by atoms with Crippen molar-refractivity contribution in [1.82, 2.24) is 5.32 Å². The standard InChI is InChI=1S/C14H16N2O4S/c1-8-4-2-3-5-9(8)15-12(17)6-11-13(18)16-10(7-21-11)14(19)20/h2-5,10-11H,6-7H2,1H3,(H,15,17)(H,16,18)(H,19,20)/t10-,11+/m0/s1. The summed E-state index contributed by atoms with van der Waals surface area (Å²) in [5.74, 6) is -1.45. The molecule has 21 heavy (non-hydrogen) atoms. The van der Waals surface area contributed by atoms with Crippen LogP contribution in [0.2, 0.25) is 0 Å². The minimum absolute atomic E-state index is 0.0250. The van der Waals surface area contributed by atoms with E-state index < -0.39 is 23.2 Å². The molecule has 0 aliphatic carbocycles. The van der Waals surface area contributed by atoms with Gasteiger partial charge in [0.25, 0.3) is 0 Å². The molecule has 6 nitrogen and oxygen atoms in total. The van der Waals surface area contributed by atoms with E-state index in [1.807, 2.05) is 25.1 Å². The van der Waals surface area contributed by atoms with E-state index in [9.17, 15) is 14.4 Å². The Morgan fingerprint density at radius 3 is 2.76 bits per heavy atom. The van der Waals surface area contributed by atoms with Crippen molar-refractivity contribution >= 4 is 35.2 Å². The number of carbonyl (C=O) groups is 3. The van der Waals surface area contributed by atoms with Crippen molar-refractivity contribution in [2.75, 3.05) is 11.1 Å². The number of amides is 2. The molecule has 1 aliphatic rings. The molecular formula is C14H16N2O4S. The Morgan fingerprint density at radius 2 is 2.14 bits per heavy atom. The van der Waals surface area contributed by atoms with Gasteiger partial charge in [-0.3, -0.25) is 9.59 Å². The summed E-state index contributed by atoms with van der Waals surface area (Å²) < 4.78 is 0. The van der Waals surface area contributed by atoms with Gasteiger partial charge in [0, 0.05) is 17.9 Å². The molecule has 7 heteroatoms. The molecule has 3 N–H and O–H groups in total. The number of rotatable bonds is 4. The van der Waals surface area contributed by atoms with Crippen molar-refractivity contribution in [3.63, 3.8) is 0 Å². The Labute approximate surface area is 126 Å². The van der Waals surface area contributed by atoms with Gasteiger partial charge < -0.3 is 15.7 Å². The topological polar surface area (TPSA) is 95.5 Å². The molecule has 2 atom stereocenters. The first-order chi connectivity index (χ1) is 9.97. The number of thioether (sulfide) groups is 1. The molecule has 0 aromatic heterocycles. The van der Waals surface area contributed by atoms with Crippen LogP contribution >= 0.6 is 11.8 Å². The smallest absolute Gasteiger partial charge is 0.327 e. The number of carboxylic acids is 1. The average molecular weight is 308 g/mol. The maximum Gasteiger partial charge on any atom is 0.327 e. The van der Waals surface area contributed by atoms with Crippen LogP contribution in [0.3, 0.4) is 0 Å². The number of hydrogen-bond donors (Lipinski definition) is 3. The van der Waals surface area contributed by atoms with Gasteiger partial charge in [-0.2, -0.15) is 0 Å². The van der Waals surface area contributed by atoms with Gasteiger partial charge in [-0.1, -0.05) is 18.2 Å². The van der Waals surface area contributed by atoms with E-state index in [-0.39, 0.29) is 18.1 Å². The van der Waals surface area contributed by atoms with Crippen LogP contribution < -0.4 is 10.6 Å². The third kappa shape index (κ3) is 3.98. The maximum absolute atomic E-state index is 12.0. The highest BCUT2D eigenvalue weighted by molar-refractivity contribution is 8.00. The van der Waals surface area contributed by atoms with E-state index in [2.05, 4.69) is 10.6 Å². The molecule has 1 aliphatic heterocycles. The molecule has 0 saturated carbocycles. The zero-order valence-electron chi connectivity index (χ0n) is 11.5. The normalized spacial score (nSPS) is 21.5. The molecule has 1 saturated heterocycles. The van der Waals surface area contributed by atoms with Crippen molar-refractivity contribution in [2.24, 2.45) is 0 Å². The largest absolute Gasteiger partial charge is 0.480 e. The highest BCUT2D eigenvalue weighted by Gasteiger charge is 2.33. The van der Waals surface area contributed by atoms with Crippen LogP contribution in [0.1, 0.15) is 12.0 Å². The molecule has 0 unspecified atom stereocenters. The van der Waals surface area contributed by atoms with Crippen LogP contribution in [0, 0.1) is 6.92 Å². The van der Waals surface area contributed by atoms with Crippen molar-refractivity contribution in [3.05, 3.63) is 29.8 Å². The summed E-state index contributed by atoms with van der Waals surface area (Å²) >= 11 is 1.20. The molecule has 0 spiro atoms. The van der Waals surface area contributed by atoms with E-state index in [4.69, 9.17) is 5.11 Å². The van der Waals surface area contributed by atoms with E-state index in [0.717, 1.165) is 5.56 Å². The lowest BCUT2D eigenvalue weighted by Gasteiger charge is -2.25. The summed E-state index contributed by atoms with van der Waals surface area (Å²) in [7, 11) is 0. The maximum atomic E-state index is 12.0. The van der Waals surface area contributed by atoms with E-state index in [0.29, 0.717) is 5.69 Å². The summed E-state index contributed by atoms with van der Waals surface area (Å²) in [6.45, 7) is 1.88. The van der Waals surface area contributed by atoms with Crippen LogP contribution in [0.5, 0.6) is 0 Å². The molecule has 1 heterocycles. The van der Waals surface area contributed by atoms with Gasteiger partial charge in [0.2, 0.25) is 11.8 Å². The number of aliphatic carboxylic acids is 1. The van der Waals surface area contributed by atoms with E-state index >= 15 is 0 Å². The highest BCUT2D eigenvalue weighted by Crippen LogP contribution is 2.22. The van der Waals surface area contributed by atoms with Crippen molar-refractivity contribution in [1.29, 1.82) is 0 Å². The average Bonchev–Trinajstić information content (AvgIpc) is 2.43. The predicted molar refractivity (Wildman–Crippen MR) is 80.2 cm³/mol. The summed E-state index contributed by atoms with van der Waals surface area (Å²) in [6, 6.07) is 6.50. The molecule has 1 aromatic carbocycles. The molecule has 0 bridgehead atoms. The van der Waals surface area contributed by atoms with Crippen LogP contribution in [0.15, 0.2) is 24.3 Å². The highest BCUT2D eigenvalue weighted by atomic mass is 32.2. The van der Waals surface area contributed by atoms with Crippen molar-refractivity contribution in [3.8, 4) is 0 Å². The predicted octanol–water partition coefficient (Wildman–Crippen LogP) is 1.01. The molecule has 0 radical (unpaired) electrons. The first-order valence-electron chi connectivity index (χ1n) is 6.47. The van der Waals surface area contributed by atoms with Crippen LogP contribution in [0.4, 0.5) is 5.69 Å². The Balaban J connectivity index is 1.90. The Bertz CT molecular complexity index is 576. The number of carboxylic acid groups (broad SMARTS) is 1. The fourth-order valence-corrected chi connectivity index (χ4v) is 3.10. The quantitative estimate of drug-likeness (QED) is 0.771. The second-order valence-electron chi connectivity index (χ2n) is 4.79. The Kier molecular flexibility index (Phi) is 4.85. The van der Waals surface area contributed by atoms with Gasteiger partial charge in [-0.05, 0) is 18.6 Å². The summed E-state index contributed by atoms with van der Waals surface area (Å²) in [6.07, 6.45) is 0.0250. The molecule has 2 rings (SSSR count). The number of benzene rings is 1. The number of aryl methyl sites for hydroxylation is 1. The minimum Gasteiger partial charge on any atom is -0.480 e.